The Hall–Kier alpha value is -0.0800. The largest absolute Gasteiger partial charge is 0.393 e. The average molecular weight is 292 g/mol. The Morgan fingerprint density at radius 1 is 0.762 bits per heavy atom. The van der Waals surface area contributed by atoms with Crippen molar-refractivity contribution in [3.63, 3.8) is 0 Å². The quantitative estimate of drug-likeness (QED) is 0.714. The molecule has 2 nitrogen and oxygen atoms in total. The fourth-order valence-electron chi connectivity index (χ4n) is 7.33. The van der Waals surface area contributed by atoms with Gasteiger partial charge in [0.05, 0.1) is 12.2 Å². The normalized spacial score (nSPS) is 60.0. The molecule has 0 amide bonds. The van der Waals surface area contributed by atoms with Crippen LogP contribution >= 0.6 is 0 Å². The highest BCUT2D eigenvalue weighted by molar-refractivity contribution is 5.10. The minimum Gasteiger partial charge on any atom is -0.393 e. The Balaban J connectivity index is 1.68. The van der Waals surface area contributed by atoms with Crippen LogP contribution in [0, 0.1) is 34.5 Å². The molecule has 0 spiro atoms. The molecule has 0 heterocycles. The molecule has 8 unspecified atom stereocenters. The number of aliphatic hydroxyl groups is 2. The van der Waals surface area contributed by atoms with Gasteiger partial charge in [-0.15, -0.1) is 0 Å². The summed E-state index contributed by atoms with van der Waals surface area (Å²) in [6.45, 7) is 4.82. The molecule has 120 valence electrons. The smallest absolute Gasteiger partial charge is 0.0596 e. The van der Waals surface area contributed by atoms with Crippen molar-refractivity contribution in [1.29, 1.82) is 0 Å². The highest BCUT2D eigenvalue weighted by Crippen LogP contribution is 2.66. The van der Waals surface area contributed by atoms with Crippen LogP contribution in [0.2, 0.25) is 0 Å². The molecule has 2 heteroatoms. The third-order valence-corrected chi connectivity index (χ3v) is 8.54. The van der Waals surface area contributed by atoms with Crippen molar-refractivity contribution in [3.05, 3.63) is 0 Å². The lowest BCUT2D eigenvalue weighted by Gasteiger charge is -2.61. The Bertz CT molecular complexity index is 422. The van der Waals surface area contributed by atoms with Gasteiger partial charge in [0.1, 0.15) is 0 Å². The predicted molar refractivity (Wildman–Crippen MR) is 83.7 cm³/mol. The first kappa shape index (κ1) is 14.5. The molecule has 0 aromatic rings. The first-order valence-corrected chi connectivity index (χ1v) is 9.33. The molecular formula is C19H32O2. The standard InChI is InChI=1S/C19H32O2/c1-18-9-4-3-5-15(18)16(20)11-12-13-6-7-17(21)19(13,2)10-8-14(12)18/h12-17,20-21H,3-11H2,1-2H3. The molecule has 4 saturated carbocycles. The lowest BCUT2D eigenvalue weighted by Crippen LogP contribution is -2.57. The molecular weight excluding hydrogens is 260 g/mol. The van der Waals surface area contributed by atoms with Crippen LogP contribution < -0.4 is 0 Å². The molecule has 4 aliphatic carbocycles. The van der Waals surface area contributed by atoms with E-state index in [0.29, 0.717) is 23.2 Å². The zero-order valence-electron chi connectivity index (χ0n) is 13.7. The highest BCUT2D eigenvalue weighted by Gasteiger charge is 2.61. The van der Waals surface area contributed by atoms with E-state index in [2.05, 4.69) is 13.8 Å². The number of aliphatic hydroxyl groups excluding tert-OH is 2. The van der Waals surface area contributed by atoms with E-state index in [1.54, 1.807) is 0 Å². The van der Waals surface area contributed by atoms with Crippen molar-refractivity contribution in [1.82, 2.24) is 0 Å². The van der Waals surface area contributed by atoms with Gasteiger partial charge in [-0.05, 0) is 79.4 Å². The number of fused-ring (bicyclic) bond motifs is 5. The maximum Gasteiger partial charge on any atom is 0.0596 e. The Morgan fingerprint density at radius 2 is 1.52 bits per heavy atom. The Labute approximate surface area is 129 Å². The lowest BCUT2D eigenvalue weighted by molar-refractivity contribution is -0.162. The third-order valence-electron chi connectivity index (χ3n) is 8.54. The van der Waals surface area contributed by atoms with Crippen molar-refractivity contribution >= 4 is 0 Å². The van der Waals surface area contributed by atoms with Crippen LogP contribution in [0.5, 0.6) is 0 Å². The molecule has 0 saturated heterocycles. The monoisotopic (exact) mass is 292 g/mol. The number of hydrogen-bond acceptors (Lipinski definition) is 2. The second-order valence-electron chi connectivity index (χ2n) is 9.18. The van der Waals surface area contributed by atoms with Gasteiger partial charge in [0.2, 0.25) is 0 Å². The molecule has 2 N–H and O–H groups in total. The van der Waals surface area contributed by atoms with E-state index in [4.69, 9.17) is 0 Å². The summed E-state index contributed by atoms with van der Waals surface area (Å²) >= 11 is 0. The Kier molecular flexibility index (Phi) is 3.25. The van der Waals surface area contributed by atoms with E-state index in [0.717, 1.165) is 18.8 Å². The van der Waals surface area contributed by atoms with Crippen LogP contribution in [0.15, 0.2) is 0 Å². The van der Waals surface area contributed by atoms with Gasteiger partial charge < -0.3 is 10.2 Å². The van der Waals surface area contributed by atoms with Crippen LogP contribution in [0.1, 0.15) is 71.6 Å². The summed E-state index contributed by atoms with van der Waals surface area (Å²) in [5.41, 5.74) is 0.508. The van der Waals surface area contributed by atoms with Crippen LogP contribution in [0.25, 0.3) is 0 Å². The van der Waals surface area contributed by atoms with Crippen LogP contribution in [0.4, 0.5) is 0 Å². The first-order valence-electron chi connectivity index (χ1n) is 9.33. The highest BCUT2D eigenvalue weighted by atomic mass is 16.3. The third kappa shape index (κ3) is 1.84. The summed E-state index contributed by atoms with van der Waals surface area (Å²) in [5.74, 6) is 2.66. The first-order chi connectivity index (χ1) is 9.97. The topological polar surface area (TPSA) is 40.5 Å². The summed E-state index contributed by atoms with van der Waals surface area (Å²) in [6, 6.07) is 0. The molecule has 8 atom stereocenters. The number of rotatable bonds is 0. The van der Waals surface area contributed by atoms with Crippen LogP contribution in [-0.4, -0.2) is 22.4 Å². The molecule has 0 aromatic heterocycles. The minimum atomic E-state index is -0.0996. The molecule has 4 rings (SSSR count). The molecule has 0 aromatic carbocycles. The maximum absolute atomic E-state index is 10.8. The van der Waals surface area contributed by atoms with Gasteiger partial charge in [0, 0.05) is 0 Å². The van der Waals surface area contributed by atoms with Gasteiger partial charge >= 0.3 is 0 Å². The number of hydrogen-bond donors (Lipinski definition) is 2. The molecule has 0 bridgehead atoms. The summed E-state index contributed by atoms with van der Waals surface area (Å²) < 4.78 is 0. The Morgan fingerprint density at radius 3 is 2.33 bits per heavy atom. The van der Waals surface area contributed by atoms with E-state index in [1.807, 2.05) is 0 Å². The van der Waals surface area contributed by atoms with E-state index in [-0.39, 0.29) is 17.6 Å². The second-order valence-corrected chi connectivity index (χ2v) is 9.18. The van der Waals surface area contributed by atoms with E-state index in [1.165, 1.54) is 44.9 Å². The van der Waals surface area contributed by atoms with Crippen molar-refractivity contribution < 1.29 is 10.2 Å². The fraction of sp³-hybridized carbons (Fsp3) is 1.00. The lowest BCUT2D eigenvalue weighted by atomic mass is 9.44. The summed E-state index contributed by atoms with van der Waals surface area (Å²) in [4.78, 5) is 0. The summed E-state index contributed by atoms with van der Waals surface area (Å²) in [7, 11) is 0. The van der Waals surface area contributed by atoms with Crippen molar-refractivity contribution in [2.45, 2.75) is 83.8 Å². The SMILES string of the molecule is CC12CCC3C(CC(O)C4CCCCC43C)C1CCC2O. The van der Waals surface area contributed by atoms with Crippen LogP contribution in [-0.2, 0) is 0 Å². The molecule has 0 aliphatic heterocycles. The van der Waals surface area contributed by atoms with Crippen molar-refractivity contribution in [3.8, 4) is 0 Å². The summed E-state index contributed by atoms with van der Waals surface area (Å²) in [5, 5.41) is 21.3. The van der Waals surface area contributed by atoms with Crippen molar-refractivity contribution in [2.24, 2.45) is 34.5 Å². The summed E-state index contributed by atoms with van der Waals surface area (Å²) in [6.07, 6.45) is 10.7. The van der Waals surface area contributed by atoms with Crippen molar-refractivity contribution in [2.75, 3.05) is 0 Å². The second kappa shape index (κ2) is 4.71. The molecule has 4 aliphatic rings. The average Bonchev–Trinajstić information content (AvgIpc) is 2.75. The fourth-order valence-corrected chi connectivity index (χ4v) is 7.33. The predicted octanol–water partition coefficient (Wildman–Crippen LogP) is 3.75. The van der Waals surface area contributed by atoms with Gasteiger partial charge in [-0.25, -0.2) is 0 Å². The maximum atomic E-state index is 10.8. The van der Waals surface area contributed by atoms with E-state index in [9.17, 15) is 10.2 Å². The van der Waals surface area contributed by atoms with Gasteiger partial charge in [-0.3, -0.25) is 0 Å². The van der Waals surface area contributed by atoms with Gasteiger partial charge in [-0.2, -0.15) is 0 Å². The van der Waals surface area contributed by atoms with E-state index < -0.39 is 0 Å². The van der Waals surface area contributed by atoms with Gasteiger partial charge in [0.25, 0.3) is 0 Å². The molecule has 0 radical (unpaired) electrons. The molecule has 4 fully saturated rings. The zero-order valence-corrected chi connectivity index (χ0v) is 13.7. The molecule has 21 heavy (non-hydrogen) atoms. The zero-order chi connectivity index (χ0) is 14.8. The van der Waals surface area contributed by atoms with Crippen LogP contribution in [0.3, 0.4) is 0 Å². The van der Waals surface area contributed by atoms with E-state index >= 15 is 0 Å². The minimum absolute atomic E-state index is 0.0864. The van der Waals surface area contributed by atoms with Gasteiger partial charge in [0.15, 0.2) is 0 Å². The van der Waals surface area contributed by atoms with Gasteiger partial charge in [-0.1, -0.05) is 26.7 Å².